The molecule has 8 heteroatoms. The summed E-state index contributed by atoms with van der Waals surface area (Å²) in [5.41, 5.74) is 3.39. The van der Waals surface area contributed by atoms with Gasteiger partial charge in [-0.05, 0) is 57.6 Å². The first-order valence-corrected chi connectivity index (χ1v) is 12.2. The van der Waals surface area contributed by atoms with E-state index in [4.69, 9.17) is 15.1 Å². The van der Waals surface area contributed by atoms with Crippen LogP contribution in [0, 0.1) is 10.8 Å². The van der Waals surface area contributed by atoms with E-state index in [2.05, 4.69) is 50.2 Å². The average Bonchev–Trinajstić information content (AvgIpc) is 2.78. The maximum absolute atomic E-state index is 12.5. The molecule has 1 aromatic heterocycles. The lowest BCUT2D eigenvalue weighted by Crippen LogP contribution is -2.50. The highest BCUT2D eigenvalue weighted by Gasteiger charge is 2.30. The van der Waals surface area contributed by atoms with Gasteiger partial charge < -0.3 is 25.7 Å². The molecule has 0 unspecified atom stereocenters. The first kappa shape index (κ1) is 27.5. The van der Waals surface area contributed by atoms with Crippen LogP contribution in [0.25, 0.3) is 0 Å². The predicted molar refractivity (Wildman–Crippen MR) is 138 cm³/mol. The molecule has 2 atom stereocenters. The number of piperidine rings is 1. The summed E-state index contributed by atoms with van der Waals surface area (Å²) in [6, 6.07) is 0.456. The van der Waals surface area contributed by atoms with Crippen LogP contribution in [0.15, 0.2) is 30.1 Å². The number of hydrogen-bond donors (Lipinski definition) is 3. The zero-order valence-electron chi connectivity index (χ0n) is 21.9. The van der Waals surface area contributed by atoms with E-state index >= 15 is 0 Å². The van der Waals surface area contributed by atoms with Crippen molar-refractivity contribution in [1.82, 2.24) is 20.2 Å². The van der Waals surface area contributed by atoms with Gasteiger partial charge in [-0.15, -0.1) is 0 Å². The molecule has 0 aromatic carbocycles. The molecule has 0 aliphatic carbocycles. The summed E-state index contributed by atoms with van der Waals surface area (Å²) in [4.78, 5) is 23.5. The summed E-state index contributed by atoms with van der Waals surface area (Å²) in [5, 5.41) is 14.4. The molecule has 188 valence electrons. The van der Waals surface area contributed by atoms with Gasteiger partial charge in [-0.3, -0.25) is 0 Å². The zero-order chi connectivity index (χ0) is 25.3. The molecule has 1 aromatic rings. The number of nitrogens with zero attached hydrogens (tertiary/aromatic N) is 3. The van der Waals surface area contributed by atoms with E-state index in [1.54, 1.807) is 13.0 Å². The number of hydrogen-bond acceptors (Lipinski definition) is 7. The summed E-state index contributed by atoms with van der Waals surface area (Å²) in [6.07, 6.45) is 9.76. The highest BCUT2D eigenvalue weighted by molar-refractivity contribution is 5.90. The largest absolute Gasteiger partial charge is 0.449 e. The molecule has 8 nitrogen and oxygen atoms in total. The van der Waals surface area contributed by atoms with Gasteiger partial charge in [0, 0.05) is 48.3 Å². The minimum Gasteiger partial charge on any atom is -0.449 e. The number of nitrogens with one attached hydrogen (secondary N) is 3. The Bertz CT molecular complexity index is 903. The maximum atomic E-state index is 12.5. The number of amides is 1. The monoisotopic (exact) mass is 470 g/mol. The van der Waals surface area contributed by atoms with E-state index in [9.17, 15) is 4.79 Å². The average molecular weight is 471 g/mol. The third-order valence-corrected chi connectivity index (χ3v) is 5.69. The predicted octanol–water partition coefficient (Wildman–Crippen LogP) is 5.08. The Hall–Kier alpha value is -2.74. The van der Waals surface area contributed by atoms with Crippen molar-refractivity contribution < 1.29 is 9.53 Å². The van der Waals surface area contributed by atoms with Crippen LogP contribution >= 0.6 is 0 Å². The van der Waals surface area contributed by atoms with Crippen molar-refractivity contribution in [3.8, 4) is 0 Å². The fourth-order valence-electron chi connectivity index (χ4n) is 3.75. The van der Waals surface area contributed by atoms with Gasteiger partial charge in [-0.2, -0.15) is 0 Å². The summed E-state index contributed by atoms with van der Waals surface area (Å²) in [6.45, 7) is 15.8. The highest BCUT2D eigenvalue weighted by atomic mass is 16.6. The molecular formula is C26H42N6O2. The standard InChI is InChI=1S/C26H42N6O2/c1-8-21(11-10-18(3)27)30-24-29-16-20(23(9-2)31-24)15-28-22-12-13-32(19(4)14-22)25(33)34-17-26(5,6)7/h8,10-11,16,19,22,27-28H,9,12-15,17H2,1-7H3,(H,29,30,31)/b11-10-,21-8+,27-18?/t19-,22-/m1/s1. The smallest absolute Gasteiger partial charge is 0.410 e. The summed E-state index contributed by atoms with van der Waals surface area (Å²) >= 11 is 0. The molecule has 1 fully saturated rings. The normalized spacial score (nSPS) is 19.4. The summed E-state index contributed by atoms with van der Waals surface area (Å²) < 4.78 is 5.51. The second-order valence-electron chi connectivity index (χ2n) is 10.2. The van der Waals surface area contributed by atoms with Gasteiger partial charge >= 0.3 is 6.09 Å². The number of allylic oxidation sites excluding steroid dienone is 3. The molecule has 1 aliphatic rings. The molecule has 0 spiro atoms. The Morgan fingerprint density at radius 2 is 2.09 bits per heavy atom. The van der Waals surface area contributed by atoms with Crippen LogP contribution in [0.3, 0.4) is 0 Å². The second kappa shape index (κ2) is 12.6. The van der Waals surface area contributed by atoms with Gasteiger partial charge in [-0.1, -0.05) is 33.8 Å². The zero-order valence-corrected chi connectivity index (χ0v) is 21.9. The van der Waals surface area contributed by atoms with Crippen LogP contribution in [-0.4, -0.2) is 51.9 Å². The van der Waals surface area contributed by atoms with Gasteiger partial charge in [0.2, 0.25) is 5.95 Å². The number of aromatic nitrogens is 2. The Morgan fingerprint density at radius 3 is 2.68 bits per heavy atom. The van der Waals surface area contributed by atoms with Crippen LogP contribution in [0.2, 0.25) is 0 Å². The Labute approximate surface area is 204 Å². The minimum atomic E-state index is -0.211. The van der Waals surface area contributed by atoms with Crippen molar-refractivity contribution in [2.75, 3.05) is 18.5 Å². The van der Waals surface area contributed by atoms with Crippen molar-refractivity contribution in [2.45, 2.75) is 86.4 Å². The fourth-order valence-corrected chi connectivity index (χ4v) is 3.75. The molecule has 0 radical (unpaired) electrons. The van der Waals surface area contributed by atoms with Crippen molar-refractivity contribution in [3.05, 3.63) is 41.4 Å². The van der Waals surface area contributed by atoms with E-state index in [1.165, 1.54) is 0 Å². The van der Waals surface area contributed by atoms with E-state index < -0.39 is 0 Å². The van der Waals surface area contributed by atoms with Crippen molar-refractivity contribution in [3.63, 3.8) is 0 Å². The van der Waals surface area contributed by atoms with Crippen molar-refractivity contribution >= 4 is 17.8 Å². The minimum absolute atomic E-state index is 0.0341. The van der Waals surface area contributed by atoms with Crippen LogP contribution in [0.4, 0.5) is 10.7 Å². The lowest BCUT2D eigenvalue weighted by molar-refractivity contribution is 0.0491. The van der Waals surface area contributed by atoms with Crippen molar-refractivity contribution in [1.29, 1.82) is 5.41 Å². The van der Waals surface area contributed by atoms with Gasteiger partial charge in [0.15, 0.2) is 0 Å². The quantitative estimate of drug-likeness (QED) is 0.344. The number of likely N-dealkylation sites (tertiary alicyclic amines) is 1. The molecule has 0 bridgehead atoms. The van der Waals surface area contributed by atoms with Gasteiger partial charge in [-0.25, -0.2) is 14.8 Å². The van der Waals surface area contributed by atoms with E-state index in [0.717, 1.165) is 36.2 Å². The van der Waals surface area contributed by atoms with E-state index in [1.807, 2.05) is 30.2 Å². The third-order valence-electron chi connectivity index (χ3n) is 5.69. The van der Waals surface area contributed by atoms with E-state index in [0.29, 0.717) is 37.4 Å². The van der Waals surface area contributed by atoms with Crippen LogP contribution in [0.5, 0.6) is 0 Å². The molecule has 3 N–H and O–H groups in total. The molecule has 1 saturated heterocycles. The van der Waals surface area contributed by atoms with Crippen LogP contribution < -0.4 is 10.6 Å². The number of carbonyl (C=O) groups excluding carboxylic acids is 1. The van der Waals surface area contributed by atoms with Crippen LogP contribution in [-0.2, 0) is 17.7 Å². The molecule has 2 heterocycles. The number of aryl methyl sites for hydroxylation is 1. The molecule has 1 aliphatic heterocycles. The number of ether oxygens (including phenoxy) is 1. The molecule has 2 rings (SSSR count). The Balaban J connectivity index is 1.92. The van der Waals surface area contributed by atoms with Gasteiger partial charge in [0.05, 0.1) is 12.3 Å². The SMILES string of the molecule is C/C=C(\C=C/C(C)=N)Nc1ncc(CN[C@@H]2CCN(C(=O)OCC(C)(C)C)[C@H](C)C2)c(CC)n1. The number of carbonyl (C=O) groups is 1. The Morgan fingerprint density at radius 1 is 1.35 bits per heavy atom. The summed E-state index contributed by atoms with van der Waals surface area (Å²) in [5.74, 6) is 0.552. The Kier molecular flexibility index (Phi) is 10.2. The first-order valence-electron chi connectivity index (χ1n) is 12.2. The van der Waals surface area contributed by atoms with Gasteiger partial charge in [0.25, 0.3) is 0 Å². The lowest BCUT2D eigenvalue weighted by Gasteiger charge is -2.37. The number of rotatable bonds is 9. The van der Waals surface area contributed by atoms with Gasteiger partial charge in [0.1, 0.15) is 0 Å². The maximum Gasteiger partial charge on any atom is 0.410 e. The summed E-state index contributed by atoms with van der Waals surface area (Å²) in [7, 11) is 0. The fraction of sp³-hybridized carbons (Fsp3) is 0.615. The highest BCUT2D eigenvalue weighted by Crippen LogP contribution is 2.21. The van der Waals surface area contributed by atoms with Crippen molar-refractivity contribution in [2.24, 2.45) is 5.41 Å². The molecule has 34 heavy (non-hydrogen) atoms. The molecule has 0 saturated carbocycles. The molecule has 1 amide bonds. The number of anilines is 1. The third kappa shape index (κ3) is 8.89. The van der Waals surface area contributed by atoms with E-state index in [-0.39, 0.29) is 17.6 Å². The molecular weight excluding hydrogens is 428 g/mol. The first-order chi connectivity index (χ1) is 16.0. The second-order valence-corrected chi connectivity index (χ2v) is 10.2. The topological polar surface area (TPSA) is 103 Å². The van der Waals surface area contributed by atoms with Crippen LogP contribution in [0.1, 0.15) is 72.6 Å². The lowest BCUT2D eigenvalue weighted by atomic mass is 9.98.